The summed E-state index contributed by atoms with van der Waals surface area (Å²) in [6, 6.07) is 9.74. The van der Waals surface area contributed by atoms with Crippen molar-refractivity contribution in [3.8, 4) is 5.00 Å². The second-order valence-corrected chi connectivity index (χ2v) is 9.89. The van der Waals surface area contributed by atoms with Gasteiger partial charge in [-0.3, -0.25) is 4.90 Å². The van der Waals surface area contributed by atoms with Crippen LogP contribution in [-0.4, -0.2) is 28.6 Å². The van der Waals surface area contributed by atoms with Gasteiger partial charge in [0.15, 0.2) is 0 Å². The first-order chi connectivity index (χ1) is 15.0. The molecule has 2 amide bonds. The van der Waals surface area contributed by atoms with Crippen LogP contribution in [0.15, 0.2) is 47.2 Å². The summed E-state index contributed by atoms with van der Waals surface area (Å²) in [5, 5.41) is 7.47. The molecule has 0 radical (unpaired) electrons. The summed E-state index contributed by atoms with van der Waals surface area (Å²) >= 11 is 5.37. The molecule has 164 valence electrons. The van der Waals surface area contributed by atoms with Crippen molar-refractivity contribution in [3.05, 3.63) is 68.8 Å². The third kappa shape index (κ3) is 4.73. The molecule has 0 spiro atoms. The van der Waals surface area contributed by atoms with E-state index in [4.69, 9.17) is 0 Å². The molecular formula is C24H29BrN4OS. The van der Waals surface area contributed by atoms with E-state index in [0.29, 0.717) is 0 Å². The number of benzene rings is 1. The van der Waals surface area contributed by atoms with Crippen molar-refractivity contribution in [2.45, 2.75) is 46.2 Å². The van der Waals surface area contributed by atoms with Crippen LogP contribution >= 0.6 is 27.3 Å². The van der Waals surface area contributed by atoms with Gasteiger partial charge in [-0.2, -0.15) is 0 Å². The highest BCUT2D eigenvalue weighted by molar-refractivity contribution is 9.10. The van der Waals surface area contributed by atoms with Crippen LogP contribution in [0.25, 0.3) is 5.00 Å². The summed E-state index contributed by atoms with van der Waals surface area (Å²) in [5.41, 5.74) is 4.58. The van der Waals surface area contributed by atoms with Crippen molar-refractivity contribution in [3.63, 3.8) is 0 Å². The highest BCUT2D eigenvalue weighted by Crippen LogP contribution is 2.40. The average molecular weight is 501 g/mol. The van der Waals surface area contributed by atoms with Crippen LogP contribution in [0.3, 0.4) is 0 Å². The van der Waals surface area contributed by atoms with Gasteiger partial charge in [-0.25, -0.2) is 4.79 Å². The number of fused-ring (bicyclic) bond motifs is 1. The van der Waals surface area contributed by atoms with E-state index in [1.165, 1.54) is 21.0 Å². The molecule has 5 nitrogen and oxygen atoms in total. The Morgan fingerprint density at radius 2 is 2.03 bits per heavy atom. The van der Waals surface area contributed by atoms with E-state index < -0.39 is 0 Å². The van der Waals surface area contributed by atoms with Crippen LogP contribution < -0.4 is 10.6 Å². The molecule has 4 rings (SSSR count). The molecule has 2 N–H and O–H groups in total. The highest BCUT2D eigenvalue weighted by Gasteiger charge is 2.29. The lowest BCUT2D eigenvalue weighted by molar-refractivity contribution is 0.248. The third-order valence-corrected chi connectivity index (χ3v) is 8.06. The van der Waals surface area contributed by atoms with Gasteiger partial charge in [-0.05, 0) is 67.8 Å². The third-order valence-electron chi connectivity index (χ3n) is 5.92. The fraction of sp³-hybridized carbons (Fsp3) is 0.375. The predicted molar refractivity (Wildman–Crippen MR) is 132 cm³/mol. The number of urea groups is 1. The molecule has 0 aliphatic carbocycles. The highest BCUT2D eigenvalue weighted by atomic mass is 79.9. The SMILES string of the molecule is CC[C@H](NC(=O)Nc1ccc(Br)c(C)c1)c1c(-n2cccc2)sc2c1CCN(CC)C2. The second kappa shape index (κ2) is 9.59. The smallest absolute Gasteiger partial charge is 0.319 e. The zero-order chi connectivity index (χ0) is 22.0. The number of hydrogen-bond acceptors (Lipinski definition) is 3. The summed E-state index contributed by atoms with van der Waals surface area (Å²) < 4.78 is 3.22. The first-order valence-corrected chi connectivity index (χ1v) is 12.4. The largest absolute Gasteiger partial charge is 0.331 e. The quantitative estimate of drug-likeness (QED) is 0.419. The molecule has 31 heavy (non-hydrogen) atoms. The summed E-state index contributed by atoms with van der Waals surface area (Å²) in [7, 11) is 0. The van der Waals surface area contributed by atoms with Crippen molar-refractivity contribution >= 4 is 39.0 Å². The number of likely N-dealkylation sites (N-methyl/N-ethyl adjacent to an activating group) is 1. The van der Waals surface area contributed by atoms with Gasteiger partial charge >= 0.3 is 6.03 Å². The van der Waals surface area contributed by atoms with Gasteiger partial charge in [0.25, 0.3) is 0 Å². The molecular weight excluding hydrogens is 472 g/mol. The van der Waals surface area contributed by atoms with Gasteiger partial charge < -0.3 is 15.2 Å². The van der Waals surface area contributed by atoms with Gasteiger partial charge in [-0.1, -0.05) is 29.8 Å². The number of rotatable bonds is 6. The number of halogens is 1. The number of nitrogens with zero attached hydrogens (tertiary/aromatic N) is 2. The van der Waals surface area contributed by atoms with Crippen LogP contribution in [0, 0.1) is 6.92 Å². The Balaban J connectivity index is 1.62. The zero-order valence-corrected chi connectivity index (χ0v) is 20.6. The van der Waals surface area contributed by atoms with Crippen molar-refractivity contribution in [2.75, 3.05) is 18.4 Å². The molecule has 0 bridgehead atoms. The summed E-state index contributed by atoms with van der Waals surface area (Å²) in [6.45, 7) is 9.50. The molecule has 0 unspecified atom stereocenters. The maximum Gasteiger partial charge on any atom is 0.319 e. The van der Waals surface area contributed by atoms with Gasteiger partial charge in [-0.15, -0.1) is 11.3 Å². The standard InChI is InChI=1S/C24H29BrN4OS/c1-4-20(27-24(30)26-17-8-9-19(25)16(3)14-17)22-18-10-13-28(5-2)15-21(18)31-23(22)29-11-6-7-12-29/h6-9,11-12,14,20H,4-5,10,13,15H2,1-3H3,(H2,26,27,30)/t20-/m0/s1. The van der Waals surface area contributed by atoms with E-state index in [1.807, 2.05) is 36.5 Å². The maximum absolute atomic E-state index is 12.9. The maximum atomic E-state index is 12.9. The molecule has 2 aromatic heterocycles. The Hall–Kier alpha value is -2.09. The van der Waals surface area contributed by atoms with Crippen molar-refractivity contribution in [1.29, 1.82) is 0 Å². The van der Waals surface area contributed by atoms with Crippen LogP contribution in [0.2, 0.25) is 0 Å². The van der Waals surface area contributed by atoms with Gasteiger partial charge in [0.05, 0.1) is 6.04 Å². The number of aromatic nitrogens is 1. The molecule has 0 fully saturated rings. The Kier molecular flexibility index (Phi) is 6.84. The number of carbonyl (C=O) groups is 1. The average Bonchev–Trinajstić information content (AvgIpc) is 3.42. The van der Waals surface area contributed by atoms with Crippen LogP contribution in [0.4, 0.5) is 10.5 Å². The van der Waals surface area contributed by atoms with Gasteiger partial charge in [0, 0.05) is 46.1 Å². The van der Waals surface area contributed by atoms with E-state index >= 15 is 0 Å². The summed E-state index contributed by atoms with van der Waals surface area (Å²) in [4.78, 5) is 16.8. The predicted octanol–water partition coefficient (Wildman–Crippen LogP) is 6.26. The van der Waals surface area contributed by atoms with E-state index in [1.54, 1.807) is 0 Å². The number of thiophene rings is 1. The van der Waals surface area contributed by atoms with Crippen molar-refractivity contribution in [2.24, 2.45) is 0 Å². The molecule has 7 heteroatoms. The summed E-state index contributed by atoms with van der Waals surface area (Å²) in [5.74, 6) is 0. The molecule has 3 aromatic rings. The van der Waals surface area contributed by atoms with Gasteiger partial charge in [0.2, 0.25) is 0 Å². The lowest BCUT2D eigenvalue weighted by Gasteiger charge is -2.27. The Morgan fingerprint density at radius 3 is 2.71 bits per heavy atom. The Labute approximate surface area is 196 Å². The van der Waals surface area contributed by atoms with E-state index in [2.05, 4.69) is 74.4 Å². The number of aryl methyl sites for hydroxylation is 1. The second-order valence-electron chi connectivity index (χ2n) is 7.95. The monoisotopic (exact) mass is 500 g/mol. The first kappa shape index (κ1) is 22.1. The van der Waals surface area contributed by atoms with E-state index in [9.17, 15) is 4.79 Å². The van der Waals surface area contributed by atoms with E-state index in [0.717, 1.165) is 48.2 Å². The lowest BCUT2D eigenvalue weighted by Crippen LogP contribution is -2.34. The van der Waals surface area contributed by atoms with E-state index in [-0.39, 0.29) is 12.1 Å². The molecule has 0 saturated carbocycles. The zero-order valence-electron chi connectivity index (χ0n) is 18.2. The first-order valence-electron chi connectivity index (χ1n) is 10.8. The number of hydrogen-bond donors (Lipinski definition) is 2. The fourth-order valence-corrected chi connectivity index (χ4v) is 5.85. The number of amides is 2. The van der Waals surface area contributed by atoms with Crippen LogP contribution in [-0.2, 0) is 13.0 Å². The normalized spacial score (nSPS) is 14.8. The number of carbonyl (C=O) groups excluding carboxylic acids is 1. The minimum Gasteiger partial charge on any atom is -0.331 e. The molecule has 0 saturated heterocycles. The molecule has 1 atom stereocenters. The Morgan fingerprint density at radius 1 is 1.26 bits per heavy atom. The summed E-state index contributed by atoms with van der Waals surface area (Å²) in [6.07, 6.45) is 6.05. The molecule has 3 heterocycles. The lowest BCUT2D eigenvalue weighted by atomic mass is 9.96. The molecule has 1 aliphatic rings. The topological polar surface area (TPSA) is 49.3 Å². The minimum atomic E-state index is -0.169. The number of anilines is 1. The Bertz CT molecular complexity index is 1060. The van der Waals surface area contributed by atoms with Crippen LogP contribution in [0.5, 0.6) is 0 Å². The molecule has 1 aliphatic heterocycles. The van der Waals surface area contributed by atoms with Crippen LogP contribution in [0.1, 0.15) is 47.9 Å². The van der Waals surface area contributed by atoms with Gasteiger partial charge in [0.1, 0.15) is 5.00 Å². The minimum absolute atomic E-state index is 0.0397. The fourth-order valence-electron chi connectivity index (χ4n) is 4.18. The van der Waals surface area contributed by atoms with Crippen molar-refractivity contribution < 1.29 is 4.79 Å². The number of nitrogens with one attached hydrogen (secondary N) is 2. The van der Waals surface area contributed by atoms with Crippen molar-refractivity contribution in [1.82, 2.24) is 14.8 Å². The molecule has 1 aromatic carbocycles.